The zero-order valence-corrected chi connectivity index (χ0v) is 18.2. The zero-order chi connectivity index (χ0) is 22.1. The van der Waals surface area contributed by atoms with Crippen molar-refractivity contribution >= 4 is 35.0 Å². The van der Waals surface area contributed by atoms with E-state index in [1.807, 2.05) is 0 Å². The molecule has 31 heavy (non-hydrogen) atoms. The van der Waals surface area contributed by atoms with Gasteiger partial charge in [-0.1, -0.05) is 23.2 Å². The molecule has 0 aromatic heterocycles. The Bertz CT molecular complexity index is 980. The van der Waals surface area contributed by atoms with Gasteiger partial charge in [-0.3, -0.25) is 14.5 Å². The molecule has 2 saturated heterocycles. The molecule has 164 valence electrons. The molecule has 2 aromatic carbocycles. The number of likely N-dealkylation sites (tertiary alicyclic amines) is 1. The average molecular weight is 466 g/mol. The smallest absolute Gasteiger partial charge is 0.254 e. The van der Waals surface area contributed by atoms with E-state index in [1.54, 1.807) is 29.2 Å². The lowest BCUT2D eigenvalue weighted by Crippen LogP contribution is -2.54. The van der Waals surface area contributed by atoms with Crippen molar-refractivity contribution in [3.05, 3.63) is 69.5 Å². The van der Waals surface area contributed by atoms with E-state index in [9.17, 15) is 19.1 Å². The molecule has 0 saturated carbocycles. The summed E-state index contributed by atoms with van der Waals surface area (Å²) < 4.78 is 13.7. The van der Waals surface area contributed by atoms with Crippen LogP contribution in [0.25, 0.3) is 0 Å². The molecular formula is C22H22Cl2FN3O3. The third kappa shape index (κ3) is 4.70. The largest absolute Gasteiger partial charge is 0.390 e. The van der Waals surface area contributed by atoms with E-state index in [4.69, 9.17) is 23.2 Å². The fourth-order valence-electron chi connectivity index (χ4n) is 4.14. The molecule has 2 aliphatic heterocycles. The fourth-order valence-corrected chi connectivity index (χ4v) is 4.38. The Balaban J connectivity index is 1.35. The number of nitrogens with zero attached hydrogens (tertiary/aromatic N) is 3. The first kappa shape index (κ1) is 22.0. The quantitative estimate of drug-likeness (QED) is 0.756. The van der Waals surface area contributed by atoms with Gasteiger partial charge in [-0.15, -0.1) is 0 Å². The van der Waals surface area contributed by atoms with Crippen LogP contribution in [-0.4, -0.2) is 83.0 Å². The van der Waals surface area contributed by atoms with Gasteiger partial charge in [0.05, 0.1) is 17.2 Å². The number of hydrogen-bond donors (Lipinski definition) is 1. The summed E-state index contributed by atoms with van der Waals surface area (Å²) in [7, 11) is 0. The SMILES string of the molecule is O=C(c1ccc(Cl)cc1)N1CCN(C2CN(C(=O)c3ccc(Cl)c(F)c3)CC2O)CC1. The van der Waals surface area contributed by atoms with Gasteiger partial charge in [0.2, 0.25) is 0 Å². The lowest BCUT2D eigenvalue weighted by Gasteiger charge is -2.38. The lowest BCUT2D eigenvalue weighted by molar-refractivity contribution is 0.0376. The second kappa shape index (κ2) is 9.12. The number of aliphatic hydroxyl groups excluding tert-OH is 1. The third-order valence-corrected chi connectivity index (χ3v) is 6.43. The van der Waals surface area contributed by atoms with E-state index in [2.05, 4.69) is 4.90 Å². The van der Waals surface area contributed by atoms with E-state index in [-0.39, 0.29) is 35.0 Å². The number of carbonyl (C=O) groups excluding carboxylic acids is 2. The molecule has 0 bridgehead atoms. The van der Waals surface area contributed by atoms with Gasteiger partial charge in [0.25, 0.3) is 11.8 Å². The van der Waals surface area contributed by atoms with Crippen LogP contribution in [0.15, 0.2) is 42.5 Å². The molecule has 2 amide bonds. The summed E-state index contributed by atoms with van der Waals surface area (Å²) in [6, 6.07) is 10.5. The predicted octanol–water partition coefficient (Wildman–Crippen LogP) is 2.78. The highest BCUT2D eigenvalue weighted by Crippen LogP contribution is 2.23. The van der Waals surface area contributed by atoms with Crippen LogP contribution in [0.2, 0.25) is 10.0 Å². The number of β-amino-alcohol motifs (C(OH)–C–C–N with tert-alkyl or cyclic N) is 1. The van der Waals surface area contributed by atoms with E-state index in [1.165, 1.54) is 17.0 Å². The van der Waals surface area contributed by atoms with Gasteiger partial charge in [-0.05, 0) is 42.5 Å². The van der Waals surface area contributed by atoms with Gasteiger partial charge in [0.15, 0.2) is 0 Å². The van der Waals surface area contributed by atoms with Crippen LogP contribution < -0.4 is 0 Å². The Labute approximate surface area is 189 Å². The summed E-state index contributed by atoms with van der Waals surface area (Å²) in [5, 5.41) is 11.1. The van der Waals surface area contributed by atoms with E-state index < -0.39 is 11.9 Å². The van der Waals surface area contributed by atoms with Crippen molar-refractivity contribution in [3.63, 3.8) is 0 Å². The van der Waals surface area contributed by atoms with Crippen LogP contribution in [0.3, 0.4) is 0 Å². The first-order valence-corrected chi connectivity index (χ1v) is 10.8. The Morgan fingerprint density at radius 3 is 2.13 bits per heavy atom. The second-order valence-electron chi connectivity index (χ2n) is 7.81. The van der Waals surface area contributed by atoms with Crippen molar-refractivity contribution in [2.45, 2.75) is 12.1 Å². The summed E-state index contributed by atoms with van der Waals surface area (Å²) >= 11 is 11.6. The summed E-state index contributed by atoms with van der Waals surface area (Å²) in [5.41, 5.74) is 0.791. The van der Waals surface area contributed by atoms with Crippen LogP contribution in [0.5, 0.6) is 0 Å². The van der Waals surface area contributed by atoms with Crippen molar-refractivity contribution in [2.75, 3.05) is 39.3 Å². The van der Waals surface area contributed by atoms with Crippen LogP contribution in [0.1, 0.15) is 20.7 Å². The Kier molecular flexibility index (Phi) is 6.48. The van der Waals surface area contributed by atoms with Crippen LogP contribution >= 0.6 is 23.2 Å². The number of carbonyl (C=O) groups is 2. The fraction of sp³-hybridized carbons (Fsp3) is 0.364. The predicted molar refractivity (Wildman–Crippen MR) is 116 cm³/mol. The molecule has 6 nitrogen and oxygen atoms in total. The monoisotopic (exact) mass is 465 g/mol. The lowest BCUT2D eigenvalue weighted by atomic mass is 10.1. The molecule has 2 aliphatic rings. The standard InChI is InChI=1S/C22H22Cl2FN3O3/c23-16-4-1-14(2-5-16)21(30)27-9-7-26(8-10-27)19-12-28(13-20(19)29)22(31)15-3-6-17(24)18(25)11-15/h1-6,11,19-20,29H,7-10,12-13H2. The minimum absolute atomic E-state index is 0.0399. The maximum atomic E-state index is 13.7. The topological polar surface area (TPSA) is 64.1 Å². The minimum Gasteiger partial charge on any atom is -0.390 e. The number of halogens is 3. The first-order valence-electron chi connectivity index (χ1n) is 10.0. The van der Waals surface area contributed by atoms with Gasteiger partial charge >= 0.3 is 0 Å². The molecule has 1 N–H and O–H groups in total. The zero-order valence-electron chi connectivity index (χ0n) is 16.7. The van der Waals surface area contributed by atoms with Crippen LogP contribution in [-0.2, 0) is 0 Å². The van der Waals surface area contributed by atoms with Crippen molar-refractivity contribution in [3.8, 4) is 0 Å². The molecule has 2 unspecified atom stereocenters. The molecule has 0 spiro atoms. The normalized spacial score (nSPS) is 22.1. The molecule has 2 heterocycles. The van der Waals surface area contributed by atoms with Crippen molar-refractivity contribution in [1.29, 1.82) is 0 Å². The summed E-state index contributed by atoms with van der Waals surface area (Å²) in [6.45, 7) is 2.77. The summed E-state index contributed by atoms with van der Waals surface area (Å²) in [6.07, 6.45) is -0.709. The number of amides is 2. The third-order valence-electron chi connectivity index (χ3n) is 5.87. The van der Waals surface area contributed by atoms with Gasteiger partial charge in [-0.2, -0.15) is 0 Å². The molecule has 9 heteroatoms. The van der Waals surface area contributed by atoms with Gasteiger partial charge in [-0.25, -0.2) is 4.39 Å². The van der Waals surface area contributed by atoms with E-state index in [0.29, 0.717) is 43.3 Å². The van der Waals surface area contributed by atoms with Gasteiger partial charge < -0.3 is 14.9 Å². The Morgan fingerprint density at radius 2 is 1.48 bits per heavy atom. The van der Waals surface area contributed by atoms with Crippen molar-refractivity contribution in [1.82, 2.24) is 14.7 Å². The van der Waals surface area contributed by atoms with E-state index >= 15 is 0 Å². The maximum absolute atomic E-state index is 13.7. The Hall–Kier alpha value is -2.19. The van der Waals surface area contributed by atoms with Crippen molar-refractivity contribution in [2.24, 2.45) is 0 Å². The molecule has 2 fully saturated rings. The maximum Gasteiger partial charge on any atom is 0.254 e. The number of rotatable bonds is 3. The minimum atomic E-state index is -0.709. The number of piperazine rings is 1. The highest BCUT2D eigenvalue weighted by atomic mass is 35.5. The summed E-state index contributed by atoms with van der Waals surface area (Å²) in [4.78, 5) is 30.8. The van der Waals surface area contributed by atoms with Gasteiger partial charge in [0.1, 0.15) is 5.82 Å². The molecule has 4 rings (SSSR count). The molecule has 2 atom stereocenters. The molecule has 2 aromatic rings. The van der Waals surface area contributed by atoms with E-state index in [0.717, 1.165) is 6.07 Å². The second-order valence-corrected chi connectivity index (χ2v) is 8.65. The molecule has 0 aliphatic carbocycles. The Morgan fingerprint density at radius 1 is 0.871 bits per heavy atom. The number of benzene rings is 2. The highest BCUT2D eigenvalue weighted by molar-refractivity contribution is 6.31. The number of hydrogen-bond acceptors (Lipinski definition) is 4. The highest BCUT2D eigenvalue weighted by Gasteiger charge is 2.39. The van der Waals surface area contributed by atoms with Gasteiger partial charge in [0, 0.05) is 55.4 Å². The molecular weight excluding hydrogens is 444 g/mol. The number of aliphatic hydroxyl groups is 1. The van der Waals surface area contributed by atoms with Crippen LogP contribution in [0, 0.1) is 5.82 Å². The van der Waals surface area contributed by atoms with Crippen molar-refractivity contribution < 1.29 is 19.1 Å². The molecule has 0 radical (unpaired) electrons. The average Bonchev–Trinajstić information content (AvgIpc) is 3.17. The first-order chi connectivity index (χ1) is 14.8. The summed E-state index contributed by atoms with van der Waals surface area (Å²) in [5.74, 6) is -1.04. The van der Waals surface area contributed by atoms with Crippen LogP contribution in [0.4, 0.5) is 4.39 Å².